The SMILES string of the molecule is Cc1ccc(OC(C)I)cc1F. The third kappa shape index (κ3) is 2.62. The largest absolute Gasteiger partial charge is 0.480 e. The molecule has 1 atom stereocenters. The fraction of sp³-hybridized carbons (Fsp3) is 0.333. The third-order valence-corrected chi connectivity index (χ3v) is 1.70. The highest BCUT2D eigenvalue weighted by Crippen LogP contribution is 2.18. The maximum absolute atomic E-state index is 12.9. The second-order valence-electron chi connectivity index (χ2n) is 2.57. The number of alkyl halides is 1. The first-order valence-corrected chi connectivity index (χ1v) is 4.91. The van der Waals surface area contributed by atoms with Gasteiger partial charge in [0.15, 0.2) is 0 Å². The molecule has 0 heterocycles. The van der Waals surface area contributed by atoms with Gasteiger partial charge in [-0.2, -0.15) is 0 Å². The van der Waals surface area contributed by atoms with E-state index < -0.39 is 0 Å². The molecule has 0 aliphatic heterocycles. The van der Waals surface area contributed by atoms with E-state index in [9.17, 15) is 4.39 Å². The van der Waals surface area contributed by atoms with Crippen molar-refractivity contribution in [1.29, 1.82) is 0 Å². The molecule has 3 heteroatoms. The normalized spacial score (nSPS) is 12.7. The molecular formula is C9H10FIO. The minimum absolute atomic E-state index is 0.0599. The van der Waals surface area contributed by atoms with Crippen LogP contribution >= 0.6 is 22.6 Å². The van der Waals surface area contributed by atoms with Crippen LogP contribution in [0.1, 0.15) is 12.5 Å². The average molecular weight is 280 g/mol. The van der Waals surface area contributed by atoms with E-state index in [2.05, 4.69) is 22.6 Å². The molecule has 1 aromatic rings. The van der Waals surface area contributed by atoms with Crippen molar-refractivity contribution in [3.05, 3.63) is 29.6 Å². The molecule has 1 nitrogen and oxygen atoms in total. The summed E-state index contributed by atoms with van der Waals surface area (Å²) in [5, 5.41) is 0. The van der Waals surface area contributed by atoms with Crippen LogP contribution in [0.5, 0.6) is 5.75 Å². The number of hydrogen-bond acceptors (Lipinski definition) is 1. The van der Waals surface area contributed by atoms with Crippen LogP contribution < -0.4 is 4.74 Å². The molecule has 0 amide bonds. The van der Waals surface area contributed by atoms with E-state index in [4.69, 9.17) is 4.74 Å². The molecule has 66 valence electrons. The zero-order chi connectivity index (χ0) is 9.14. The number of halogens is 2. The van der Waals surface area contributed by atoms with E-state index in [0.717, 1.165) is 0 Å². The average Bonchev–Trinajstić information content (AvgIpc) is 1.96. The topological polar surface area (TPSA) is 9.23 Å². The van der Waals surface area contributed by atoms with Crippen molar-refractivity contribution in [3.8, 4) is 5.75 Å². The Kier molecular flexibility index (Phi) is 3.31. The quantitative estimate of drug-likeness (QED) is 0.596. The van der Waals surface area contributed by atoms with Crippen molar-refractivity contribution >= 4 is 22.6 Å². The molecule has 1 rings (SSSR count). The summed E-state index contributed by atoms with van der Waals surface area (Å²) in [5.74, 6) is 0.365. The van der Waals surface area contributed by atoms with Crippen LogP contribution in [0.25, 0.3) is 0 Å². The summed E-state index contributed by atoms with van der Waals surface area (Å²) in [5.41, 5.74) is 0.642. The van der Waals surface area contributed by atoms with E-state index >= 15 is 0 Å². The van der Waals surface area contributed by atoms with Crippen LogP contribution in [0.2, 0.25) is 0 Å². The van der Waals surface area contributed by atoms with Gasteiger partial charge in [0.25, 0.3) is 0 Å². The number of rotatable bonds is 2. The summed E-state index contributed by atoms with van der Waals surface area (Å²) in [6.07, 6.45) is 0. The lowest BCUT2D eigenvalue weighted by Crippen LogP contribution is -2.01. The van der Waals surface area contributed by atoms with E-state index in [1.165, 1.54) is 6.07 Å². The molecule has 0 radical (unpaired) electrons. The Balaban J connectivity index is 2.82. The van der Waals surface area contributed by atoms with E-state index in [0.29, 0.717) is 11.3 Å². The first-order chi connectivity index (χ1) is 5.59. The van der Waals surface area contributed by atoms with Gasteiger partial charge < -0.3 is 4.74 Å². The van der Waals surface area contributed by atoms with Crippen LogP contribution in [0, 0.1) is 12.7 Å². The minimum Gasteiger partial charge on any atom is -0.480 e. The zero-order valence-corrected chi connectivity index (χ0v) is 9.13. The first-order valence-electron chi connectivity index (χ1n) is 3.66. The predicted octanol–water partition coefficient (Wildman–Crippen LogP) is 3.29. The molecule has 1 unspecified atom stereocenters. The molecule has 0 saturated carbocycles. The zero-order valence-electron chi connectivity index (χ0n) is 6.97. The summed E-state index contributed by atoms with van der Waals surface area (Å²) in [6.45, 7) is 3.63. The van der Waals surface area contributed by atoms with Crippen molar-refractivity contribution < 1.29 is 9.13 Å². The summed E-state index contributed by atoms with van der Waals surface area (Å²) in [6, 6.07) is 4.89. The maximum Gasteiger partial charge on any atom is 0.146 e. The lowest BCUT2D eigenvalue weighted by atomic mass is 10.2. The Bertz CT molecular complexity index is 273. The van der Waals surface area contributed by atoms with Crippen LogP contribution in [-0.2, 0) is 0 Å². The van der Waals surface area contributed by atoms with E-state index in [-0.39, 0.29) is 9.93 Å². The molecule has 0 aliphatic rings. The summed E-state index contributed by atoms with van der Waals surface area (Å²) in [4.78, 5) is 0. The molecule has 0 bridgehead atoms. The Morgan fingerprint density at radius 2 is 2.17 bits per heavy atom. The highest BCUT2D eigenvalue weighted by Gasteiger charge is 2.01. The van der Waals surface area contributed by atoms with Crippen LogP contribution in [-0.4, -0.2) is 4.11 Å². The van der Waals surface area contributed by atoms with Crippen LogP contribution in [0.15, 0.2) is 18.2 Å². The standard InChI is InChI=1S/C9H10FIO/c1-6-3-4-8(5-9(6)10)12-7(2)11/h3-5,7H,1-2H3. The van der Waals surface area contributed by atoms with Gasteiger partial charge in [-0.3, -0.25) is 0 Å². The molecule has 1 aromatic carbocycles. The lowest BCUT2D eigenvalue weighted by molar-refractivity contribution is 0.320. The fourth-order valence-electron chi connectivity index (χ4n) is 0.834. The summed E-state index contributed by atoms with van der Waals surface area (Å²) < 4.78 is 18.3. The second-order valence-corrected chi connectivity index (χ2v) is 4.33. The Labute approximate surface area is 85.1 Å². The van der Waals surface area contributed by atoms with Gasteiger partial charge in [0, 0.05) is 6.07 Å². The molecule has 0 aliphatic carbocycles. The molecule has 0 saturated heterocycles. The Morgan fingerprint density at radius 1 is 1.50 bits per heavy atom. The number of aryl methyl sites for hydroxylation is 1. The Morgan fingerprint density at radius 3 is 2.67 bits per heavy atom. The molecule has 12 heavy (non-hydrogen) atoms. The molecule has 0 fully saturated rings. The molecular weight excluding hydrogens is 270 g/mol. The van der Waals surface area contributed by atoms with Gasteiger partial charge in [0.2, 0.25) is 0 Å². The van der Waals surface area contributed by atoms with Crippen molar-refractivity contribution in [1.82, 2.24) is 0 Å². The van der Waals surface area contributed by atoms with E-state index in [1.54, 1.807) is 19.1 Å². The number of ether oxygens (including phenoxy) is 1. The van der Waals surface area contributed by atoms with Gasteiger partial charge in [-0.1, -0.05) is 6.07 Å². The van der Waals surface area contributed by atoms with Gasteiger partial charge in [0.05, 0.1) is 0 Å². The molecule has 0 aromatic heterocycles. The fourth-order valence-corrected chi connectivity index (χ4v) is 1.13. The van der Waals surface area contributed by atoms with Gasteiger partial charge >= 0.3 is 0 Å². The highest BCUT2D eigenvalue weighted by molar-refractivity contribution is 14.1. The van der Waals surface area contributed by atoms with Crippen LogP contribution in [0.3, 0.4) is 0 Å². The van der Waals surface area contributed by atoms with Crippen molar-refractivity contribution in [3.63, 3.8) is 0 Å². The number of benzene rings is 1. The minimum atomic E-state index is -0.218. The van der Waals surface area contributed by atoms with Gasteiger partial charge in [-0.25, -0.2) is 4.39 Å². The van der Waals surface area contributed by atoms with Crippen LogP contribution in [0.4, 0.5) is 4.39 Å². The van der Waals surface area contributed by atoms with E-state index in [1.807, 2.05) is 6.92 Å². The van der Waals surface area contributed by atoms with Gasteiger partial charge in [-0.15, -0.1) is 0 Å². The smallest absolute Gasteiger partial charge is 0.146 e. The van der Waals surface area contributed by atoms with Crippen molar-refractivity contribution in [2.24, 2.45) is 0 Å². The monoisotopic (exact) mass is 280 g/mol. The lowest BCUT2D eigenvalue weighted by Gasteiger charge is -2.08. The van der Waals surface area contributed by atoms with Crippen molar-refractivity contribution in [2.45, 2.75) is 18.0 Å². The number of hydrogen-bond donors (Lipinski definition) is 0. The highest BCUT2D eigenvalue weighted by atomic mass is 127. The van der Waals surface area contributed by atoms with Crippen molar-refractivity contribution in [2.75, 3.05) is 0 Å². The first kappa shape index (κ1) is 9.77. The summed E-state index contributed by atoms with van der Waals surface area (Å²) >= 11 is 2.12. The maximum atomic E-state index is 12.9. The van der Waals surface area contributed by atoms with Gasteiger partial charge in [0.1, 0.15) is 15.7 Å². The molecule has 0 spiro atoms. The molecule has 0 N–H and O–H groups in total. The Hall–Kier alpha value is -0.320. The third-order valence-electron chi connectivity index (χ3n) is 1.44. The summed E-state index contributed by atoms with van der Waals surface area (Å²) in [7, 11) is 0. The predicted molar refractivity (Wildman–Crippen MR) is 55.2 cm³/mol. The van der Waals surface area contributed by atoms with Gasteiger partial charge in [-0.05, 0) is 48.1 Å². The second kappa shape index (κ2) is 4.07.